The molecule has 0 aromatic carbocycles. The minimum atomic E-state index is -0.106. The number of aromatic nitrogens is 3. The van der Waals surface area contributed by atoms with E-state index in [-0.39, 0.29) is 17.0 Å². The van der Waals surface area contributed by atoms with E-state index in [0.29, 0.717) is 23.2 Å². The maximum atomic E-state index is 12.6. The van der Waals surface area contributed by atoms with Gasteiger partial charge in [-0.05, 0) is 68.5 Å². The van der Waals surface area contributed by atoms with Crippen molar-refractivity contribution in [3.63, 3.8) is 0 Å². The van der Waals surface area contributed by atoms with Gasteiger partial charge in [0.05, 0.1) is 11.1 Å². The zero-order chi connectivity index (χ0) is 28.0. The van der Waals surface area contributed by atoms with Crippen LogP contribution in [0.4, 0.5) is 0 Å². The van der Waals surface area contributed by atoms with E-state index < -0.39 is 0 Å². The van der Waals surface area contributed by atoms with Gasteiger partial charge in [0.15, 0.2) is 0 Å². The quantitative estimate of drug-likeness (QED) is 0.228. The third-order valence-electron chi connectivity index (χ3n) is 7.22. The van der Waals surface area contributed by atoms with Crippen LogP contribution in [0.5, 0.6) is 0 Å². The second kappa shape index (κ2) is 16.3. The molecule has 7 nitrogen and oxygen atoms in total. The molecule has 0 atom stereocenters. The lowest BCUT2D eigenvalue weighted by Gasteiger charge is -2.23. The smallest absolute Gasteiger partial charge is 0.254 e. The standard InChI is InChI=1S/C19H23N3OS.C12H15ClN2O/c23-18(22-16-8-2-1-3-9-16)17-10-6-13-21-19(17)24-14-11-15-7-4-5-12-20-15;13-11-10(7-4-8-14-11)12(16)15-9-5-2-1-3-6-9/h4-7,10,12-13,16H,1-3,8-9,11,14H2,(H,22,23);4,7-9H,1-3,5-6H2,(H,15,16). The van der Waals surface area contributed by atoms with E-state index in [1.807, 2.05) is 36.5 Å². The number of halogens is 1. The zero-order valence-corrected chi connectivity index (χ0v) is 24.4. The van der Waals surface area contributed by atoms with Crippen LogP contribution in [-0.2, 0) is 6.42 Å². The Morgan fingerprint density at radius 2 is 1.30 bits per heavy atom. The maximum absolute atomic E-state index is 12.6. The van der Waals surface area contributed by atoms with E-state index in [1.165, 1.54) is 38.5 Å². The number of rotatable bonds is 8. The molecule has 2 amide bonds. The fraction of sp³-hybridized carbons (Fsp3) is 0.452. The van der Waals surface area contributed by atoms with Crippen molar-refractivity contribution < 1.29 is 9.59 Å². The highest BCUT2D eigenvalue weighted by molar-refractivity contribution is 7.99. The lowest BCUT2D eigenvalue weighted by molar-refractivity contribution is 0.0917. The van der Waals surface area contributed by atoms with Crippen LogP contribution >= 0.6 is 23.4 Å². The molecule has 3 aromatic heterocycles. The van der Waals surface area contributed by atoms with Crippen molar-refractivity contribution in [2.45, 2.75) is 87.7 Å². The number of hydrogen-bond donors (Lipinski definition) is 2. The number of pyridine rings is 3. The minimum absolute atomic E-state index is 0.00957. The predicted molar refractivity (Wildman–Crippen MR) is 161 cm³/mol. The highest BCUT2D eigenvalue weighted by Gasteiger charge is 2.20. The first-order chi connectivity index (χ1) is 19.6. The lowest BCUT2D eigenvalue weighted by Crippen LogP contribution is -2.36. The molecule has 5 rings (SSSR count). The van der Waals surface area contributed by atoms with E-state index in [0.717, 1.165) is 48.6 Å². The molecule has 0 spiro atoms. The van der Waals surface area contributed by atoms with Crippen LogP contribution in [-0.4, -0.2) is 44.6 Å². The molecule has 2 aliphatic rings. The SMILES string of the molecule is O=C(NC1CCCCC1)c1cccnc1Cl.O=C(NC1CCCCC1)c1cccnc1SCCc1ccccn1. The summed E-state index contributed by atoms with van der Waals surface area (Å²) in [5.41, 5.74) is 2.22. The van der Waals surface area contributed by atoms with Crippen LogP contribution < -0.4 is 10.6 Å². The fourth-order valence-corrected chi connectivity index (χ4v) is 6.21. The predicted octanol–water partition coefficient (Wildman–Crippen LogP) is 6.67. The summed E-state index contributed by atoms with van der Waals surface area (Å²) in [7, 11) is 0. The van der Waals surface area contributed by atoms with Crippen LogP contribution in [0.1, 0.15) is 90.6 Å². The monoisotopic (exact) mass is 579 g/mol. The van der Waals surface area contributed by atoms with Gasteiger partial charge in [-0.25, -0.2) is 9.97 Å². The molecular weight excluding hydrogens is 542 g/mol. The van der Waals surface area contributed by atoms with Crippen molar-refractivity contribution in [1.82, 2.24) is 25.6 Å². The Morgan fingerprint density at radius 1 is 0.725 bits per heavy atom. The summed E-state index contributed by atoms with van der Waals surface area (Å²) in [5, 5.41) is 7.27. The van der Waals surface area contributed by atoms with Crippen LogP contribution in [0, 0.1) is 0 Å². The molecule has 0 aliphatic heterocycles. The van der Waals surface area contributed by atoms with Gasteiger partial charge in [0.2, 0.25) is 0 Å². The van der Waals surface area contributed by atoms with Crippen LogP contribution in [0.25, 0.3) is 0 Å². The van der Waals surface area contributed by atoms with Crippen molar-refractivity contribution in [3.8, 4) is 0 Å². The van der Waals surface area contributed by atoms with Crippen LogP contribution in [0.3, 0.4) is 0 Å². The average Bonchev–Trinajstić information content (AvgIpc) is 2.99. The number of nitrogens with zero attached hydrogens (tertiary/aromatic N) is 3. The van der Waals surface area contributed by atoms with E-state index in [2.05, 4.69) is 25.6 Å². The molecule has 9 heteroatoms. The highest BCUT2D eigenvalue weighted by Crippen LogP contribution is 2.23. The highest BCUT2D eigenvalue weighted by atomic mass is 35.5. The third kappa shape index (κ3) is 9.59. The first kappa shape index (κ1) is 30.0. The third-order valence-corrected chi connectivity index (χ3v) is 8.53. The van der Waals surface area contributed by atoms with E-state index in [4.69, 9.17) is 11.6 Å². The number of hydrogen-bond acceptors (Lipinski definition) is 6. The molecule has 0 radical (unpaired) electrons. The van der Waals surface area contributed by atoms with Gasteiger partial charge in [-0.15, -0.1) is 11.8 Å². The Balaban J connectivity index is 0.000000201. The summed E-state index contributed by atoms with van der Waals surface area (Å²) >= 11 is 7.49. The van der Waals surface area contributed by atoms with E-state index >= 15 is 0 Å². The number of carbonyl (C=O) groups is 2. The Hall–Kier alpha value is -2.97. The number of nitrogens with one attached hydrogen (secondary N) is 2. The van der Waals surface area contributed by atoms with Gasteiger partial charge in [-0.2, -0.15) is 0 Å². The molecule has 0 bridgehead atoms. The molecule has 3 aromatic rings. The van der Waals surface area contributed by atoms with Crippen molar-refractivity contribution >= 4 is 35.2 Å². The van der Waals surface area contributed by atoms with Crippen molar-refractivity contribution in [1.29, 1.82) is 0 Å². The first-order valence-electron chi connectivity index (χ1n) is 14.3. The van der Waals surface area contributed by atoms with Gasteiger partial charge in [-0.1, -0.05) is 56.2 Å². The summed E-state index contributed by atoms with van der Waals surface area (Å²) in [6, 6.07) is 13.7. The molecule has 2 N–H and O–H groups in total. The van der Waals surface area contributed by atoms with Gasteiger partial charge < -0.3 is 10.6 Å². The molecule has 0 saturated heterocycles. The van der Waals surface area contributed by atoms with Gasteiger partial charge in [0.25, 0.3) is 11.8 Å². The number of aryl methyl sites for hydroxylation is 1. The molecule has 2 aliphatic carbocycles. The second-order valence-electron chi connectivity index (χ2n) is 10.2. The summed E-state index contributed by atoms with van der Waals surface area (Å²) in [4.78, 5) is 37.1. The molecular formula is C31H38ClN5O2S. The lowest BCUT2D eigenvalue weighted by atomic mass is 9.95. The van der Waals surface area contributed by atoms with Gasteiger partial charge >= 0.3 is 0 Å². The largest absolute Gasteiger partial charge is 0.349 e. The Bertz CT molecular complexity index is 1220. The number of thioether (sulfide) groups is 1. The summed E-state index contributed by atoms with van der Waals surface area (Å²) in [5.74, 6) is 0.762. The molecule has 3 heterocycles. The van der Waals surface area contributed by atoms with Gasteiger partial charge in [0, 0.05) is 42.1 Å². The van der Waals surface area contributed by atoms with Crippen molar-refractivity contribution in [2.75, 3.05) is 5.75 Å². The van der Waals surface area contributed by atoms with E-state index in [9.17, 15) is 9.59 Å². The molecule has 0 unspecified atom stereocenters. The Morgan fingerprint density at radius 3 is 1.90 bits per heavy atom. The Kier molecular flexibility index (Phi) is 12.2. The van der Waals surface area contributed by atoms with Crippen molar-refractivity contribution in [2.24, 2.45) is 0 Å². The minimum Gasteiger partial charge on any atom is -0.349 e. The molecule has 2 saturated carbocycles. The number of amides is 2. The van der Waals surface area contributed by atoms with Gasteiger partial charge in [-0.3, -0.25) is 14.6 Å². The number of carbonyl (C=O) groups excluding carboxylic acids is 2. The average molecular weight is 580 g/mol. The van der Waals surface area contributed by atoms with Gasteiger partial charge in [0.1, 0.15) is 10.2 Å². The first-order valence-corrected chi connectivity index (χ1v) is 15.7. The molecule has 212 valence electrons. The summed E-state index contributed by atoms with van der Waals surface area (Å²) < 4.78 is 0. The molecule has 2 fully saturated rings. The second-order valence-corrected chi connectivity index (χ2v) is 11.7. The fourth-order valence-electron chi connectivity index (χ4n) is 5.05. The maximum Gasteiger partial charge on any atom is 0.254 e. The van der Waals surface area contributed by atoms with Crippen LogP contribution in [0.2, 0.25) is 5.15 Å². The Labute approximate surface area is 246 Å². The normalized spacial score (nSPS) is 15.9. The van der Waals surface area contributed by atoms with E-state index in [1.54, 1.807) is 36.3 Å². The summed E-state index contributed by atoms with van der Waals surface area (Å²) in [6.45, 7) is 0. The zero-order valence-electron chi connectivity index (χ0n) is 22.9. The molecule has 40 heavy (non-hydrogen) atoms. The van der Waals surface area contributed by atoms with Crippen molar-refractivity contribution in [3.05, 3.63) is 83.0 Å². The summed E-state index contributed by atoms with van der Waals surface area (Å²) in [6.07, 6.45) is 17.7. The van der Waals surface area contributed by atoms with Crippen LogP contribution in [0.15, 0.2) is 66.1 Å². The topological polar surface area (TPSA) is 96.9 Å².